The fourth-order valence-electron chi connectivity index (χ4n) is 3.53. The van der Waals surface area contributed by atoms with E-state index in [0.29, 0.717) is 0 Å². The summed E-state index contributed by atoms with van der Waals surface area (Å²) in [7, 11) is 1.07. The number of hydrogen-bond donors (Lipinski definition) is 0. The third-order valence-electron chi connectivity index (χ3n) is 4.71. The molecule has 0 bridgehead atoms. The quantitative estimate of drug-likeness (QED) is 0.544. The number of nitrogens with zero attached hydrogens (tertiary/aromatic N) is 1. The normalized spacial score (nSPS) is 18.7. The molecule has 0 saturated carbocycles. The van der Waals surface area contributed by atoms with E-state index >= 15 is 0 Å². The Balaban J connectivity index is 1.80. The highest BCUT2D eigenvalue weighted by molar-refractivity contribution is 7.68. The van der Waals surface area contributed by atoms with Gasteiger partial charge in [0.25, 0.3) is 0 Å². The zero-order valence-electron chi connectivity index (χ0n) is 16.1. The molecule has 0 radical (unpaired) electrons. The van der Waals surface area contributed by atoms with Crippen molar-refractivity contribution in [2.75, 3.05) is 7.11 Å². The van der Waals surface area contributed by atoms with Crippen LogP contribution in [0.15, 0.2) is 66.7 Å². The number of benzene rings is 2. The van der Waals surface area contributed by atoms with Crippen molar-refractivity contribution < 1.29 is 9.47 Å². The number of aromatic nitrogens is 1. The van der Waals surface area contributed by atoms with Crippen LogP contribution in [0, 0.1) is 0 Å². The van der Waals surface area contributed by atoms with E-state index in [0.717, 1.165) is 28.5 Å². The molecule has 0 unspecified atom stereocenters. The molecule has 1 aliphatic rings. The van der Waals surface area contributed by atoms with E-state index in [-0.39, 0.29) is 11.0 Å². The molecule has 3 aromatic rings. The van der Waals surface area contributed by atoms with Crippen LogP contribution in [-0.4, -0.2) is 17.2 Å². The summed E-state index contributed by atoms with van der Waals surface area (Å²) >= 11 is 0. The Morgan fingerprint density at radius 1 is 0.926 bits per heavy atom. The van der Waals surface area contributed by atoms with E-state index in [4.69, 9.17) is 14.5 Å². The van der Waals surface area contributed by atoms with E-state index in [1.807, 2.05) is 36.4 Å². The van der Waals surface area contributed by atoms with Gasteiger partial charge in [0.1, 0.15) is 11.5 Å². The minimum Gasteiger partial charge on any atom is -0.496 e. The lowest BCUT2D eigenvalue weighted by molar-refractivity contribution is 0.294. The highest BCUT2D eigenvalue weighted by atomic mass is 31.1. The molecule has 2 aromatic carbocycles. The van der Waals surface area contributed by atoms with Crippen LogP contribution in [0.2, 0.25) is 0 Å². The summed E-state index contributed by atoms with van der Waals surface area (Å²) in [5.74, 6) is 1.76. The van der Waals surface area contributed by atoms with E-state index < -0.39 is 7.92 Å². The molecule has 1 aromatic heterocycles. The molecular formula is C23H24NO2P. The van der Waals surface area contributed by atoms with Crippen LogP contribution in [0.3, 0.4) is 0 Å². The van der Waals surface area contributed by atoms with Crippen LogP contribution in [0.25, 0.3) is 11.3 Å². The van der Waals surface area contributed by atoms with Crippen LogP contribution in [0.1, 0.15) is 32.3 Å². The predicted octanol–water partition coefficient (Wildman–Crippen LogP) is 5.75. The third-order valence-corrected chi connectivity index (χ3v) is 7.92. The first kappa shape index (κ1) is 18.0. The lowest BCUT2D eigenvalue weighted by Gasteiger charge is -2.32. The van der Waals surface area contributed by atoms with Gasteiger partial charge in [-0.1, -0.05) is 63.2 Å². The van der Waals surface area contributed by atoms with Crippen molar-refractivity contribution in [2.24, 2.45) is 0 Å². The van der Waals surface area contributed by atoms with Gasteiger partial charge in [0.2, 0.25) is 0 Å². The molecule has 1 aliphatic heterocycles. The van der Waals surface area contributed by atoms with Crippen LogP contribution in [0.5, 0.6) is 11.5 Å². The van der Waals surface area contributed by atoms with Crippen molar-refractivity contribution in [1.82, 2.24) is 4.98 Å². The number of methoxy groups -OCH3 is 1. The van der Waals surface area contributed by atoms with Crippen LogP contribution in [0.4, 0.5) is 0 Å². The van der Waals surface area contributed by atoms with E-state index in [1.54, 1.807) is 7.11 Å². The second-order valence-corrected chi connectivity index (χ2v) is 10.6. The van der Waals surface area contributed by atoms with Crippen molar-refractivity contribution >= 4 is 13.2 Å². The molecule has 0 saturated heterocycles. The summed E-state index contributed by atoms with van der Waals surface area (Å²) in [5.41, 5.74) is 3.08. The number of hydrogen-bond acceptors (Lipinski definition) is 3. The standard InChI is InChI=1S/C23H24NO2P/c1-23(2,3)27-21-19(25-4)14-9-15-20(21)26-22(27)18-13-8-12-17(24-18)16-10-6-5-7-11-16/h5-15,22H,1-4H3/t22-,27+/m1/s1. The number of pyridine rings is 1. The molecule has 4 rings (SSSR count). The van der Waals surface area contributed by atoms with Crippen molar-refractivity contribution in [2.45, 2.75) is 31.8 Å². The topological polar surface area (TPSA) is 31.4 Å². The Morgan fingerprint density at radius 3 is 2.37 bits per heavy atom. The predicted molar refractivity (Wildman–Crippen MR) is 112 cm³/mol. The molecule has 0 fully saturated rings. The maximum atomic E-state index is 6.45. The van der Waals surface area contributed by atoms with Gasteiger partial charge in [-0.25, -0.2) is 4.98 Å². The summed E-state index contributed by atoms with van der Waals surface area (Å²) in [6.07, 6.45) is 0. The van der Waals surface area contributed by atoms with Gasteiger partial charge in [0.15, 0.2) is 5.85 Å². The highest BCUT2D eigenvalue weighted by Crippen LogP contribution is 2.66. The molecule has 0 N–H and O–H groups in total. The van der Waals surface area contributed by atoms with Crippen LogP contribution >= 0.6 is 7.92 Å². The third kappa shape index (κ3) is 3.33. The SMILES string of the molecule is COc1cccc2c1[P@](C(C)(C)C)[C@H](c1cccc(-c3ccccc3)n1)O2. The molecule has 138 valence electrons. The molecular weight excluding hydrogens is 353 g/mol. The minimum atomic E-state index is -0.659. The number of rotatable bonds is 3. The first-order valence-corrected chi connectivity index (χ1v) is 10.6. The largest absolute Gasteiger partial charge is 0.496 e. The van der Waals surface area contributed by atoms with Gasteiger partial charge >= 0.3 is 0 Å². The smallest absolute Gasteiger partial charge is 0.163 e. The van der Waals surface area contributed by atoms with Gasteiger partial charge in [-0.2, -0.15) is 0 Å². The van der Waals surface area contributed by atoms with Gasteiger partial charge < -0.3 is 9.47 Å². The molecule has 0 aliphatic carbocycles. The summed E-state index contributed by atoms with van der Waals surface area (Å²) in [4.78, 5) is 4.98. The molecule has 2 atom stereocenters. The summed E-state index contributed by atoms with van der Waals surface area (Å²) < 4.78 is 12.1. The lowest BCUT2D eigenvalue weighted by Crippen LogP contribution is -2.21. The Labute approximate surface area is 162 Å². The second-order valence-electron chi connectivity index (χ2n) is 7.63. The average molecular weight is 377 g/mol. The lowest BCUT2D eigenvalue weighted by atomic mass is 10.1. The van der Waals surface area contributed by atoms with E-state index in [2.05, 4.69) is 51.1 Å². The zero-order valence-corrected chi connectivity index (χ0v) is 17.0. The first-order chi connectivity index (χ1) is 13.0. The Morgan fingerprint density at radius 2 is 1.67 bits per heavy atom. The second kappa shape index (κ2) is 6.98. The summed E-state index contributed by atoms with van der Waals surface area (Å²) in [6.45, 7) is 6.83. The van der Waals surface area contributed by atoms with Gasteiger partial charge in [-0.15, -0.1) is 0 Å². The van der Waals surface area contributed by atoms with Crippen molar-refractivity contribution in [3.63, 3.8) is 0 Å². The number of fused-ring (bicyclic) bond motifs is 1. The summed E-state index contributed by atoms with van der Waals surface area (Å²) in [5, 5.41) is 1.27. The Kier molecular flexibility index (Phi) is 4.65. The monoisotopic (exact) mass is 377 g/mol. The maximum absolute atomic E-state index is 6.45. The first-order valence-electron chi connectivity index (χ1n) is 9.14. The minimum absolute atomic E-state index is 0.0598. The fraction of sp³-hybridized carbons (Fsp3) is 0.261. The Bertz CT molecular complexity index is 950. The van der Waals surface area contributed by atoms with Gasteiger partial charge in [0, 0.05) is 5.56 Å². The van der Waals surface area contributed by atoms with Crippen molar-refractivity contribution in [1.29, 1.82) is 0 Å². The molecule has 4 heteroatoms. The molecule has 3 nitrogen and oxygen atoms in total. The van der Waals surface area contributed by atoms with Crippen molar-refractivity contribution in [3.8, 4) is 22.8 Å². The number of ether oxygens (including phenoxy) is 2. The molecule has 0 amide bonds. The molecule has 0 spiro atoms. The van der Waals surface area contributed by atoms with Gasteiger partial charge in [0.05, 0.1) is 23.8 Å². The summed E-state index contributed by atoms with van der Waals surface area (Å²) in [6, 6.07) is 22.6. The van der Waals surface area contributed by atoms with Gasteiger partial charge in [-0.3, -0.25) is 0 Å². The average Bonchev–Trinajstić information content (AvgIpc) is 3.09. The van der Waals surface area contributed by atoms with Crippen LogP contribution in [-0.2, 0) is 0 Å². The molecule has 27 heavy (non-hydrogen) atoms. The van der Waals surface area contributed by atoms with Gasteiger partial charge in [-0.05, 0) is 37.3 Å². The highest BCUT2D eigenvalue weighted by Gasteiger charge is 2.45. The van der Waals surface area contributed by atoms with Crippen molar-refractivity contribution in [3.05, 3.63) is 72.4 Å². The maximum Gasteiger partial charge on any atom is 0.163 e. The Hall–Kier alpha value is -2.38. The zero-order chi connectivity index (χ0) is 19.0. The molecule has 2 heterocycles. The van der Waals surface area contributed by atoms with E-state index in [1.165, 1.54) is 5.30 Å². The van der Waals surface area contributed by atoms with E-state index in [9.17, 15) is 0 Å². The van der Waals surface area contributed by atoms with Crippen LogP contribution < -0.4 is 14.8 Å². The fourth-order valence-corrected chi connectivity index (χ4v) is 6.53.